The second-order valence-electron chi connectivity index (χ2n) is 7.34. The lowest BCUT2D eigenvalue weighted by Gasteiger charge is -2.19. The summed E-state index contributed by atoms with van der Waals surface area (Å²) in [5, 5.41) is 36.7. The number of carboxylic acid groups (broad SMARTS) is 1. The molecule has 3 atom stereocenters. The summed E-state index contributed by atoms with van der Waals surface area (Å²) in [6.45, 7) is 0.592. The Labute approximate surface area is 176 Å². The topological polar surface area (TPSA) is 116 Å². The van der Waals surface area contributed by atoms with Crippen molar-refractivity contribution in [3.8, 4) is 11.5 Å². The highest BCUT2D eigenvalue weighted by Crippen LogP contribution is 2.35. The van der Waals surface area contributed by atoms with Crippen molar-refractivity contribution in [2.45, 2.75) is 44.0 Å². The number of benzene rings is 1. The van der Waals surface area contributed by atoms with Crippen LogP contribution in [0.4, 0.5) is 0 Å². The SMILES string of the molecule is COc1ccc(OCC/C=C/[C@H]2CCC[C@@H]2CC=C=CC(O)C(O)(O)C(=O)O)cc1. The van der Waals surface area contributed by atoms with Crippen LogP contribution in [0.2, 0.25) is 0 Å². The Kier molecular flexibility index (Phi) is 9.15. The van der Waals surface area contributed by atoms with Crippen LogP contribution in [0.3, 0.4) is 0 Å². The van der Waals surface area contributed by atoms with E-state index in [1.165, 1.54) is 0 Å². The van der Waals surface area contributed by atoms with E-state index in [-0.39, 0.29) is 0 Å². The van der Waals surface area contributed by atoms with Crippen molar-refractivity contribution in [1.29, 1.82) is 0 Å². The van der Waals surface area contributed by atoms with E-state index in [2.05, 4.69) is 17.9 Å². The Hall–Kier alpha value is -2.57. The number of hydrogen-bond donors (Lipinski definition) is 4. The third kappa shape index (κ3) is 7.04. The Bertz CT molecular complexity index is 760. The number of rotatable bonds is 11. The molecule has 0 radical (unpaired) electrons. The highest BCUT2D eigenvalue weighted by molar-refractivity contribution is 5.76. The van der Waals surface area contributed by atoms with Crippen molar-refractivity contribution in [1.82, 2.24) is 0 Å². The summed E-state index contributed by atoms with van der Waals surface area (Å²) in [5.74, 6) is -2.64. The molecule has 0 spiro atoms. The number of ether oxygens (including phenoxy) is 2. The lowest BCUT2D eigenvalue weighted by atomic mass is 9.92. The number of allylic oxidation sites excluding steroid dienone is 1. The van der Waals surface area contributed by atoms with Crippen LogP contribution in [0.1, 0.15) is 32.1 Å². The summed E-state index contributed by atoms with van der Waals surface area (Å²) in [7, 11) is 1.63. The largest absolute Gasteiger partial charge is 0.497 e. The van der Waals surface area contributed by atoms with Gasteiger partial charge in [0.1, 0.15) is 17.6 Å². The molecule has 7 heteroatoms. The average Bonchev–Trinajstić information content (AvgIpc) is 3.18. The fraction of sp³-hybridized carbons (Fsp3) is 0.478. The van der Waals surface area contributed by atoms with Crippen LogP contribution in [0, 0.1) is 11.8 Å². The summed E-state index contributed by atoms with van der Waals surface area (Å²) in [6, 6.07) is 7.47. The molecule has 1 saturated carbocycles. The lowest BCUT2D eigenvalue weighted by Crippen LogP contribution is -2.48. The molecule has 30 heavy (non-hydrogen) atoms. The quantitative estimate of drug-likeness (QED) is 0.189. The van der Waals surface area contributed by atoms with Crippen LogP contribution in [0.15, 0.2) is 54.3 Å². The normalized spacial score (nSPS) is 19.9. The molecule has 1 fully saturated rings. The summed E-state index contributed by atoms with van der Waals surface area (Å²) in [6.07, 6.45) is 9.91. The Morgan fingerprint density at radius 2 is 1.97 bits per heavy atom. The monoisotopic (exact) mass is 418 g/mol. The number of hydrogen-bond acceptors (Lipinski definition) is 6. The van der Waals surface area contributed by atoms with E-state index < -0.39 is 17.9 Å². The number of aliphatic carboxylic acids is 1. The van der Waals surface area contributed by atoms with Crippen molar-refractivity contribution < 1.29 is 34.7 Å². The van der Waals surface area contributed by atoms with Crippen LogP contribution < -0.4 is 9.47 Å². The molecule has 7 nitrogen and oxygen atoms in total. The maximum atomic E-state index is 10.7. The molecule has 1 aromatic rings. The van der Waals surface area contributed by atoms with Crippen LogP contribution in [0.25, 0.3) is 0 Å². The van der Waals surface area contributed by atoms with Crippen molar-refractivity contribution >= 4 is 5.97 Å². The molecule has 164 valence electrons. The van der Waals surface area contributed by atoms with Gasteiger partial charge in [-0.2, -0.15) is 0 Å². The zero-order valence-electron chi connectivity index (χ0n) is 17.1. The smallest absolute Gasteiger partial charge is 0.367 e. The van der Waals surface area contributed by atoms with Gasteiger partial charge in [0.25, 0.3) is 5.79 Å². The van der Waals surface area contributed by atoms with E-state index >= 15 is 0 Å². The summed E-state index contributed by atoms with van der Waals surface area (Å²) in [5.41, 5.74) is 2.66. The Balaban J connectivity index is 1.75. The predicted octanol–water partition coefficient (Wildman–Crippen LogP) is 2.66. The summed E-state index contributed by atoms with van der Waals surface area (Å²) in [4.78, 5) is 10.7. The van der Waals surface area contributed by atoms with Crippen LogP contribution >= 0.6 is 0 Å². The van der Waals surface area contributed by atoms with Crippen LogP contribution in [0.5, 0.6) is 11.5 Å². The second-order valence-corrected chi connectivity index (χ2v) is 7.34. The van der Waals surface area contributed by atoms with Crippen molar-refractivity contribution in [2.24, 2.45) is 11.8 Å². The zero-order chi connectivity index (χ0) is 22.0. The molecule has 4 N–H and O–H groups in total. The Morgan fingerprint density at radius 3 is 2.63 bits per heavy atom. The number of carboxylic acids is 1. The molecule has 1 aromatic carbocycles. The van der Waals surface area contributed by atoms with Gasteiger partial charge in [-0.1, -0.05) is 18.6 Å². The van der Waals surface area contributed by atoms with Crippen molar-refractivity contribution in [3.63, 3.8) is 0 Å². The van der Waals surface area contributed by atoms with E-state index in [1.807, 2.05) is 24.3 Å². The molecule has 0 bridgehead atoms. The van der Waals surface area contributed by atoms with Gasteiger partial charge in [-0.15, -0.1) is 5.73 Å². The molecule has 1 aliphatic rings. The third-order valence-electron chi connectivity index (χ3n) is 5.23. The van der Waals surface area contributed by atoms with E-state index in [0.29, 0.717) is 18.4 Å². The first-order valence-electron chi connectivity index (χ1n) is 10.1. The number of aliphatic hydroxyl groups is 3. The van der Waals surface area contributed by atoms with Gasteiger partial charge in [-0.3, -0.25) is 0 Å². The van der Waals surface area contributed by atoms with Gasteiger partial charge in [-0.05, 0) is 73.9 Å². The van der Waals surface area contributed by atoms with Crippen LogP contribution in [-0.2, 0) is 4.79 Å². The number of methoxy groups -OCH3 is 1. The zero-order valence-corrected chi connectivity index (χ0v) is 17.1. The Morgan fingerprint density at radius 1 is 1.27 bits per heavy atom. The molecule has 2 rings (SSSR count). The number of carbonyl (C=O) groups is 1. The minimum absolute atomic E-state index is 0.439. The van der Waals surface area contributed by atoms with E-state index in [0.717, 1.165) is 49.7 Å². The van der Waals surface area contributed by atoms with Gasteiger partial charge in [-0.25, -0.2) is 4.79 Å². The van der Waals surface area contributed by atoms with E-state index in [4.69, 9.17) is 14.6 Å². The van der Waals surface area contributed by atoms with Gasteiger partial charge in [0.05, 0.1) is 13.7 Å². The van der Waals surface area contributed by atoms with Gasteiger partial charge in [0.2, 0.25) is 0 Å². The van der Waals surface area contributed by atoms with Gasteiger partial charge < -0.3 is 29.9 Å². The van der Waals surface area contributed by atoms with Crippen molar-refractivity contribution in [2.75, 3.05) is 13.7 Å². The molecular weight excluding hydrogens is 388 g/mol. The molecule has 0 aromatic heterocycles. The van der Waals surface area contributed by atoms with Gasteiger partial charge in [0.15, 0.2) is 0 Å². The lowest BCUT2D eigenvalue weighted by molar-refractivity contribution is -0.227. The fourth-order valence-corrected chi connectivity index (χ4v) is 3.42. The first-order valence-corrected chi connectivity index (χ1v) is 10.1. The second kappa shape index (κ2) is 11.6. The maximum Gasteiger partial charge on any atom is 0.367 e. The van der Waals surface area contributed by atoms with Gasteiger partial charge >= 0.3 is 5.97 Å². The van der Waals surface area contributed by atoms with E-state index in [1.54, 1.807) is 13.2 Å². The highest BCUT2D eigenvalue weighted by atomic mass is 16.6. The minimum Gasteiger partial charge on any atom is -0.497 e. The average molecular weight is 418 g/mol. The molecule has 0 aliphatic heterocycles. The first-order chi connectivity index (χ1) is 14.3. The summed E-state index contributed by atoms with van der Waals surface area (Å²) < 4.78 is 10.8. The first kappa shape index (κ1) is 23.7. The van der Waals surface area contributed by atoms with Crippen LogP contribution in [-0.4, -0.2) is 52.0 Å². The van der Waals surface area contributed by atoms with Crippen molar-refractivity contribution in [3.05, 3.63) is 54.3 Å². The number of aliphatic hydroxyl groups excluding tert-OH is 1. The molecule has 0 saturated heterocycles. The van der Waals surface area contributed by atoms with Gasteiger partial charge in [0, 0.05) is 0 Å². The maximum absolute atomic E-state index is 10.7. The highest BCUT2D eigenvalue weighted by Gasteiger charge is 2.40. The standard InChI is InChI=1S/C23H30O7/c1-29-19-12-14-20(15-13-19)30-16-5-4-8-18-10-6-9-17(18)7-2-3-11-21(24)23(27,28)22(25)26/h2,4,8,11-15,17-18,21,24,27-28H,5-7,9-10,16H2,1H3,(H,25,26)/b8-4+/t3?,17-,18-,21?/m0/s1. The van der Waals surface area contributed by atoms with E-state index in [9.17, 15) is 20.1 Å². The summed E-state index contributed by atoms with van der Waals surface area (Å²) >= 11 is 0. The molecular formula is C23H30O7. The fourth-order valence-electron chi connectivity index (χ4n) is 3.42. The minimum atomic E-state index is -3.21. The molecule has 1 unspecified atom stereocenters. The molecule has 0 heterocycles. The third-order valence-corrected chi connectivity index (χ3v) is 5.23. The predicted molar refractivity (Wildman–Crippen MR) is 111 cm³/mol. The molecule has 0 amide bonds. The molecule has 1 aliphatic carbocycles.